The van der Waals surface area contributed by atoms with Crippen molar-refractivity contribution < 1.29 is 14.6 Å². The maximum absolute atomic E-state index is 13.4. The Balaban J connectivity index is 2.07. The van der Waals surface area contributed by atoms with E-state index in [-0.39, 0.29) is 27.7 Å². The summed E-state index contributed by atoms with van der Waals surface area (Å²) in [7, 11) is 0. The van der Waals surface area contributed by atoms with Crippen molar-refractivity contribution in [3.8, 4) is 0 Å². The van der Waals surface area contributed by atoms with Gasteiger partial charge in [0, 0.05) is 35.0 Å². The summed E-state index contributed by atoms with van der Waals surface area (Å²) in [5, 5.41) is 27.9. The number of rotatable bonds is 6. The van der Waals surface area contributed by atoms with Crippen LogP contribution in [-0.4, -0.2) is 9.91 Å². The van der Waals surface area contributed by atoms with E-state index in [1.54, 1.807) is 41.2 Å². The number of halogens is 1. The first kappa shape index (κ1) is 22.4. The fourth-order valence-corrected chi connectivity index (χ4v) is 3.44. The molecular formula is C23H20ClN3O3S. The van der Waals surface area contributed by atoms with E-state index in [1.165, 1.54) is 24.3 Å². The number of thiocarbonyl (C=S) groups is 1. The second-order valence-electron chi connectivity index (χ2n) is 7.14. The number of hydrogen-bond acceptors (Lipinski definition) is 4. The summed E-state index contributed by atoms with van der Waals surface area (Å²) in [5.41, 5.74) is 2.18. The lowest BCUT2D eigenvalue weighted by Gasteiger charge is -2.17. The molecule has 0 aliphatic heterocycles. The van der Waals surface area contributed by atoms with Crippen LogP contribution in [0.15, 0.2) is 73.1 Å². The molecule has 0 fully saturated rings. The van der Waals surface area contributed by atoms with Crippen LogP contribution in [0.1, 0.15) is 30.9 Å². The normalized spacial score (nSPS) is 11.7. The van der Waals surface area contributed by atoms with Gasteiger partial charge in [-0.2, -0.15) is 4.57 Å². The Kier molecular flexibility index (Phi) is 6.99. The summed E-state index contributed by atoms with van der Waals surface area (Å²) in [4.78, 5) is 10.6. The lowest BCUT2D eigenvalue weighted by molar-refractivity contribution is -0.577. The number of non-ortho nitro benzene ring substituents is 1. The van der Waals surface area contributed by atoms with Gasteiger partial charge in [-0.3, -0.25) is 10.1 Å². The van der Waals surface area contributed by atoms with E-state index in [0.717, 1.165) is 5.56 Å². The van der Waals surface area contributed by atoms with Gasteiger partial charge in [-0.25, -0.2) is 0 Å². The van der Waals surface area contributed by atoms with Gasteiger partial charge < -0.3 is 10.4 Å². The molecule has 1 N–H and O–H groups in total. The molecule has 0 aliphatic carbocycles. The number of pyridine rings is 1. The Labute approximate surface area is 190 Å². The minimum Gasteiger partial charge on any atom is -0.867 e. The van der Waals surface area contributed by atoms with E-state index in [9.17, 15) is 15.2 Å². The van der Waals surface area contributed by atoms with Crippen LogP contribution in [0, 0.1) is 10.1 Å². The number of hydrogen-bond donors (Lipinski definition) is 1. The molecule has 158 valence electrons. The van der Waals surface area contributed by atoms with Crippen molar-refractivity contribution in [3.05, 3.63) is 99.3 Å². The number of anilines is 1. The molecule has 0 amide bonds. The molecule has 1 aromatic heterocycles. The quantitative estimate of drug-likeness (QED) is 0.145. The Bertz CT molecular complexity index is 1140. The molecule has 8 heteroatoms. The van der Waals surface area contributed by atoms with Gasteiger partial charge in [0.15, 0.2) is 17.4 Å². The summed E-state index contributed by atoms with van der Waals surface area (Å²) in [6.07, 6.45) is 3.56. The molecule has 0 atom stereocenters. The maximum atomic E-state index is 13.4. The molecule has 0 saturated heterocycles. The van der Waals surface area contributed by atoms with Crippen molar-refractivity contribution in [1.82, 2.24) is 0 Å². The zero-order valence-electron chi connectivity index (χ0n) is 16.9. The van der Waals surface area contributed by atoms with Gasteiger partial charge in [-0.15, -0.1) is 0 Å². The second-order valence-corrected chi connectivity index (χ2v) is 7.98. The van der Waals surface area contributed by atoms with Crippen LogP contribution < -0.4 is 15.0 Å². The van der Waals surface area contributed by atoms with Crippen molar-refractivity contribution in [2.75, 3.05) is 5.32 Å². The molecule has 0 saturated carbocycles. The minimum atomic E-state index is -0.510. The van der Waals surface area contributed by atoms with Crippen LogP contribution in [0.2, 0.25) is 5.02 Å². The third-order valence-corrected chi connectivity index (χ3v) is 5.16. The molecule has 0 radical (unpaired) electrons. The van der Waals surface area contributed by atoms with Crippen molar-refractivity contribution in [3.63, 3.8) is 0 Å². The van der Waals surface area contributed by atoms with Crippen molar-refractivity contribution in [2.45, 2.75) is 19.8 Å². The number of nitro groups is 1. The Morgan fingerprint density at radius 2 is 1.74 bits per heavy atom. The van der Waals surface area contributed by atoms with Crippen LogP contribution in [0.4, 0.5) is 11.4 Å². The molecule has 6 nitrogen and oxygen atoms in total. The molecule has 2 aromatic carbocycles. The Morgan fingerprint density at radius 1 is 1.10 bits per heavy atom. The van der Waals surface area contributed by atoms with Crippen molar-refractivity contribution in [1.29, 1.82) is 0 Å². The summed E-state index contributed by atoms with van der Waals surface area (Å²) < 4.78 is 1.65. The van der Waals surface area contributed by atoms with Gasteiger partial charge in [0.05, 0.1) is 4.92 Å². The fraction of sp³-hybridized carbons (Fsp3) is 0.130. The number of nitro benzene ring substituents is 1. The van der Waals surface area contributed by atoms with E-state index in [1.807, 2.05) is 12.1 Å². The smallest absolute Gasteiger partial charge is 0.269 e. The van der Waals surface area contributed by atoms with E-state index in [0.29, 0.717) is 16.6 Å². The SMILES string of the molecule is CC(C)c1cc[n+](C(C(=S)Nc2cccc(Cl)c2)=C([O-])c2ccc([N+](=O)[O-])cc2)cc1. The van der Waals surface area contributed by atoms with Gasteiger partial charge in [0.2, 0.25) is 5.70 Å². The first-order valence-electron chi connectivity index (χ1n) is 9.51. The summed E-state index contributed by atoms with van der Waals surface area (Å²) in [5.74, 6) is -0.0308. The molecule has 3 aromatic rings. The monoisotopic (exact) mass is 453 g/mol. The van der Waals surface area contributed by atoms with Gasteiger partial charge in [-0.05, 0) is 53.1 Å². The Morgan fingerprint density at radius 3 is 2.29 bits per heavy atom. The molecule has 31 heavy (non-hydrogen) atoms. The van der Waals surface area contributed by atoms with Crippen molar-refractivity contribution >= 4 is 51.6 Å². The average Bonchev–Trinajstić information content (AvgIpc) is 2.74. The topological polar surface area (TPSA) is 82.1 Å². The van der Waals surface area contributed by atoms with Gasteiger partial charge >= 0.3 is 0 Å². The summed E-state index contributed by atoms with van der Waals surface area (Å²) in [6.45, 7) is 4.16. The first-order valence-corrected chi connectivity index (χ1v) is 10.3. The van der Waals surface area contributed by atoms with Crippen LogP contribution >= 0.6 is 23.8 Å². The summed E-state index contributed by atoms with van der Waals surface area (Å²) >= 11 is 11.6. The molecule has 0 unspecified atom stereocenters. The van der Waals surface area contributed by atoms with Gasteiger partial charge in [0.25, 0.3) is 5.69 Å². The third-order valence-electron chi connectivity index (χ3n) is 4.63. The first-order chi connectivity index (χ1) is 14.8. The zero-order valence-corrected chi connectivity index (χ0v) is 18.5. The zero-order chi connectivity index (χ0) is 22.5. The molecule has 3 rings (SSSR count). The van der Waals surface area contributed by atoms with Crippen molar-refractivity contribution in [2.24, 2.45) is 0 Å². The molecular weight excluding hydrogens is 434 g/mol. The fourth-order valence-electron chi connectivity index (χ4n) is 2.94. The highest BCUT2D eigenvalue weighted by molar-refractivity contribution is 7.81. The Hall–Kier alpha value is -3.29. The highest BCUT2D eigenvalue weighted by atomic mass is 35.5. The predicted octanol–water partition coefficient (Wildman–Crippen LogP) is 4.78. The van der Waals surface area contributed by atoms with E-state index >= 15 is 0 Å². The molecule has 0 bridgehead atoms. The average molecular weight is 454 g/mol. The summed E-state index contributed by atoms with van der Waals surface area (Å²) in [6, 6.07) is 16.3. The number of nitrogens with one attached hydrogen (secondary N) is 1. The molecule has 0 aliphatic rings. The maximum Gasteiger partial charge on any atom is 0.269 e. The lowest BCUT2D eigenvalue weighted by atomic mass is 10.1. The van der Waals surface area contributed by atoms with Crippen LogP contribution in [0.5, 0.6) is 0 Å². The van der Waals surface area contributed by atoms with E-state index in [4.69, 9.17) is 23.8 Å². The molecule has 0 spiro atoms. The second kappa shape index (κ2) is 9.68. The number of nitrogens with zero attached hydrogens (tertiary/aromatic N) is 2. The predicted molar refractivity (Wildman–Crippen MR) is 125 cm³/mol. The van der Waals surface area contributed by atoms with Crippen LogP contribution in [-0.2, 0) is 0 Å². The number of aromatic nitrogens is 1. The lowest BCUT2D eigenvalue weighted by Crippen LogP contribution is -2.40. The highest BCUT2D eigenvalue weighted by Gasteiger charge is 2.20. The number of benzene rings is 2. The van der Waals surface area contributed by atoms with Gasteiger partial charge in [-0.1, -0.05) is 43.7 Å². The highest BCUT2D eigenvalue weighted by Crippen LogP contribution is 2.21. The standard InChI is InChI=1S/C23H20ClN3O3S/c1-15(2)16-10-12-26(13-11-16)21(23(31)25-19-5-3-4-18(24)14-19)22(28)17-6-8-20(9-7-17)27(29)30/h3-15H,1-2H3,(H-,25,28,31). The van der Waals surface area contributed by atoms with Crippen LogP contribution in [0.3, 0.4) is 0 Å². The minimum absolute atomic E-state index is 0.0910. The van der Waals surface area contributed by atoms with E-state index in [2.05, 4.69) is 19.2 Å². The molecule has 1 heterocycles. The largest absolute Gasteiger partial charge is 0.867 e. The third kappa shape index (κ3) is 5.45. The van der Waals surface area contributed by atoms with Crippen LogP contribution in [0.25, 0.3) is 11.5 Å². The van der Waals surface area contributed by atoms with E-state index < -0.39 is 4.92 Å². The van der Waals surface area contributed by atoms with Gasteiger partial charge in [0.1, 0.15) is 0 Å².